The van der Waals surface area contributed by atoms with Gasteiger partial charge in [0.1, 0.15) is 5.82 Å². The van der Waals surface area contributed by atoms with Crippen LogP contribution in [0, 0.1) is 0 Å². The number of rotatable bonds is 2. The topological polar surface area (TPSA) is 30.7 Å². The van der Waals surface area contributed by atoms with Crippen molar-refractivity contribution < 1.29 is 0 Å². The second-order valence-electron chi connectivity index (χ2n) is 10.7. The molecule has 1 aliphatic carbocycles. The van der Waals surface area contributed by atoms with Gasteiger partial charge in [-0.15, -0.1) is 0 Å². The van der Waals surface area contributed by atoms with Crippen LogP contribution < -0.4 is 0 Å². The van der Waals surface area contributed by atoms with Crippen LogP contribution in [0.1, 0.15) is 25.0 Å². The Morgan fingerprint density at radius 1 is 0.605 bits per heavy atom. The lowest BCUT2D eigenvalue weighted by Gasteiger charge is -2.24. The van der Waals surface area contributed by atoms with Gasteiger partial charge in [0.15, 0.2) is 0 Å². The molecule has 4 aromatic carbocycles. The minimum atomic E-state index is -0.140. The van der Waals surface area contributed by atoms with Crippen LogP contribution in [-0.4, -0.2) is 14.5 Å². The van der Waals surface area contributed by atoms with Gasteiger partial charge in [-0.2, -0.15) is 0 Å². The van der Waals surface area contributed by atoms with E-state index in [2.05, 4.69) is 114 Å². The van der Waals surface area contributed by atoms with E-state index in [0.29, 0.717) is 0 Å². The predicted molar refractivity (Wildman–Crippen MR) is 157 cm³/mol. The second kappa shape index (κ2) is 7.62. The van der Waals surface area contributed by atoms with Crippen LogP contribution in [0.25, 0.3) is 60.6 Å². The third kappa shape index (κ3) is 2.73. The van der Waals surface area contributed by atoms with Gasteiger partial charge in [-0.1, -0.05) is 98.8 Å². The molecule has 3 aromatic heterocycles. The summed E-state index contributed by atoms with van der Waals surface area (Å²) in [5, 5.41) is 4.70. The van der Waals surface area contributed by atoms with Gasteiger partial charge in [-0.05, 0) is 39.9 Å². The summed E-state index contributed by atoms with van der Waals surface area (Å²) in [5.41, 5.74) is 9.88. The molecule has 0 saturated carbocycles. The van der Waals surface area contributed by atoms with Crippen LogP contribution in [0.5, 0.6) is 0 Å². The summed E-state index contributed by atoms with van der Waals surface area (Å²) in [6.45, 7) is 4.71. The lowest BCUT2D eigenvalue weighted by atomic mass is 9.81. The average Bonchev–Trinajstić information content (AvgIpc) is 3.42. The minimum absolute atomic E-state index is 0.140. The van der Waals surface area contributed by atoms with Crippen LogP contribution in [-0.2, 0) is 5.41 Å². The molecule has 0 unspecified atom stereocenters. The predicted octanol–water partition coefficient (Wildman–Crippen LogP) is 8.70. The molecule has 0 N–H and O–H groups in total. The molecule has 0 atom stereocenters. The molecule has 7 aromatic rings. The molecule has 38 heavy (non-hydrogen) atoms. The quantitative estimate of drug-likeness (QED) is 0.244. The summed E-state index contributed by atoms with van der Waals surface area (Å²) >= 11 is 0. The van der Waals surface area contributed by atoms with Gasteiger partial charge in [-0.3, -0.25) is 9.55 Å². The van der Waals surface area contributed by atoms with Gasteiger partial charge < -0.3 is 0 Å². The highest BCUT2D eigenvalue weighted by Gasteiger charge is 2.38. The second-order valence-corrected chi connectivity index (χ2v) is 10.7. The Kier molecular flexibility index (Phi) is 4.28. The Morgan fingerprint density at radius 3 is 2.29 bits per heavy atom. The van der Waals surface area contributed by atoms with Gasteiger partial charge >= 0.3 is 0 Å². The lowest BCUT2D eigenvalue weighted by molar-refractivity contribution is 0.664. The highest BCUT2D eigenvalue weighted by atomic mass is 15.1. The van der Waals surface area contributed by atoms with E-state index in [-0.39, 0.29) is 5.41 Å². The summed E-state index contributed by atoms with van der Waals surface area (Å²) in [6.07, 6.45) is 5.86. The Morgan fingerprint density at radius 2 is 1.39 bits per heavy atom. The van der Waals surface area contributed by atoms with Gasteiger partial charge in [-0.25, -0.2) is 4.98 Å². The largest absolute Gasteiger partial charge is 0.293 e. The van der Waals surface area contributed by atoms with E-state index in [1.54, 1.807) is 0 Å². The maximum absolute atomic E-state index is 5.18. The fourth-order valence-electron chi connectivity index (χ4n) is 6.63. The molecule has 8 rings (SSSR count). The third-order valence-electron chi connectivity index (χ3n) is 8.32. The van der Waals surface area contributed by atoms with E-state index in [0.717, 1.165) is 27.7 Å². The van der Waals surface area contributed by atoms with Crippen molar-refractivity contribution in [3.8, 4) is 28.1 Å². The first-order chi connectivity index (χ1) is 18.6. The zero-order valence-corrected chi connectivity index (χ0v) is 21.3. The van der Waals surface area contributed by atoms with Crippen molar-refractivity contribution in [1.82, 2.24) is 14.5 Å². The van der Waals surface area contributed by atoms with Crippen LogP contribution >= 0.6 is 0 Å². The zero-order valence-electron chi connectivity index (χ0n) is 21.3. The maximum atomic E-state index is 5.18. The number of para-hydroxylation sites is 1. The molecule has 0 amide bonds. The highest BCUT2D eigenvalue weighted by Crippen LogP contribution is 2.53. The molecular weight excluding hydrogens is 462 g/mol. The first-order valence-corrected chi connectivity index (χ1v) is 13.1. The maximum Gasteiger partial charge on any atom is 0.145 e. The van der Waals surface area contributed by atoms with E-state index in [9.17, 15) is 0 Å². The Balaban J connectivity index is 1.54. The zero-order chi connectivity index (χ0) is 25.4. The molecule has 0 fully saturated rings. The van der Waals surface area contributed by atoms with Crippen LogP contribution in [0.4, 0.5) is 0 Å². The summed E-state index contributed by atoms with van der Waals surface area (Å²) in [5.74, 6) is 0.938. The molecule has 0 aliphatic heterocycles. The fraction of sp³-hybridized carbons (Fsp3) is 0.0857. The van der Waals surface area contributed by atoms with Crippen molar-refractivity contribution in [3.05, 3.63) is 127 Å². The monoisotopic (exact) mass is 487 g/mol. The third-order valence-corrected chi connectivity index (χ3v) is 8.32. The van der Waals surface area contributed by atoms with Crippen LogP contribution in [0.15, 0.2) is 116 Å². The van der Waals surface area contributed by atoms with E-state index >= 15 is 0 Å². The highest BCUT2D eigenvalue weighted by molar-refractivity contribution is 6.14. The molecular formula is C35H25N3. The number of nitrogens with zero attached hydrogens (tertiary/aromatic N) is 3. The van der Waals surface area contributed by atoms with Crippen LogP contribution in [0.3, 0.4) is 0 Å². The van der Waals surface area contributed by atoms with E-state index in [1.807, 2.05) is 24.7 Å². The molecule has 0 spiro atoms. The SMILES string of the molecule is CC1(C)c2ccccc2-c2ccc3c4ccccc4n(-c4ncc(-c5ccccc5)c5cnccc45)c3c21. The standard InChI is InChI=1S/C35H25N3/c1-35(2)30-14-8-6-12-23(30)25-16-17-26-24-13-7-9-15-31(24)38(33(26)32(25)35)34-27-18-19-36-20-29(27)28(21-37-34)22-10-4-3-5-11-22/h3-21H,1-2H3. The number of fused-ring (bicyclic) bond motifs is 8. The van der Waals surface area contributed by atoms with Crippen molar-refractivity contribution in [1.29, 1.82) is 0 Å². The van der Waals surface area contributed by atoms with Gasteiger partial charge in [0.2, 0.25) is 0 Å². The number of hydrogen-bond donors (Lipinski definition) is 0. The summed E-state index contributed by atoms with van der Waals surface area (Å²) in [4.78, 5) is 9.70. The fourth-order valence-corrected chi connectivity index (χ4v) is 6.63. The van der Waals surface area contributed by atoms with E-state index < -0.39 is 0 Å². The van der Waals surface area contributed by atoms with Gasteiger partial charge in [0.25, 0.3) is 0 Å². The Labute approximate surface area is 221 Å². The van der Waals surface area contributed by atoms with E-state index in [1.165, 1.54) is 44.1 Å². The molecule has 3 heterocycles. The normalized spacial score (nSPS) is 13.7. The Bertz CT molecular complexity index is 2050. The average molecular weight is 488 g/mol. The molecule has 1 aliphatic rings. The summed E-state index contributed by atoms with van der Waals surface area (Å²) in [7, 11) is 0. The molecule has 180 valence electrons. The molecule has 0 saturated heterocycles. The molecule has 0 bridgehead atoms. The van der Waals surface area contributed by atoms with Crippen LogP contribution in [0.2, 0.25) is 0 Å². The van der Waals surface area contributed by atoms with Gasteiger partial charge in [0, 0.05) is 51.1 Å². The number of aromatic nitrogens is 3. The van der Waals surface area contributed by atoms with Crippen molar-refractivity contribution in [2.45, 2.75) is 19.3 Å². The summed E-state index contributed by atoms with van der Waals surface area (Å²) in [6, 6.07) is 34.7. The molecule has 3 nitrogen and oxygen atoms in total. The lowest BCUT2D eigenvalue weighted by Crippen LogP contribution is -2.16. The number of hydrogen-bond acceptors (Lipinski definition) is 2. The first kappa shape index (κ1) is 21.3. The number of pyridine rings is 2. The van der Waals surface area contributed by atoms with Crippen molar-refractivity contribution in [3.63, 3.8) is 0 Å². The minimum Gasteiger partial charge on any atom is -0.293 e. The molecule has 0 radical (unpaired) electrons. The Hall–Kier alpha value is -4.76. The van der Waals surface area contributed by atoms with Gasteiger partial charge in [0.05, 0.1) is 11.0 Å². The summed E-state index contributed by atoms with van der Waals surface area (Å²) < 4.78 is 2.40. The first-order valence-electron chi connectivity index (χ1n) is 13.1. The smallest absolute Gasteiger partial charge is 0.145 e. The van der Waals surface area contributed by atoms with Crippen molar-refractivity contribution >= 4 is 32.6 Å². The molecule has 3 heteroatoms. The van der Waals surface area contributed by atoms with Crippen molar-refractivity contribution in [2.75, 3.05) is 0 Å². The number of benzene rings is 4. The van der Waals surface area contributed by atoms with E-state index in [4.69, 9.17) is 4.98 Å². The van der Waals surface area contributed by atoms with Crippen molar-refractivity contribution in [2.24, 2.45) is 0 Å².